The Labute approximate surface area is 135 Å². The Morgan fingerprint density at radius 2 is 2.04 bits per heavy atom. The van der Waals surface area contributed by atoms with Gasteiger partial charge in [0.25, 0.3) is 5.69 Å². The fourth-order valence-electron chi connectivity index (χ4n) is 2.51. The van der Waals surface area contributed by atoms with Gasteiger partial charge in [0.1, 0.15) is 5.75 Å². The van der Waals surface area contributed by atoms with Gasteiger partial charge in [-0.3, -0.25) is 10.1 Å². The SMILES string of the molecule is CCOC(=O)C1=Cc2cc(OC(F)(F)F)cc([N+](=O)[O-])c2CCC1. The van der Waals surface area contributed by atoms with Crippen LogP contribution >= 0.6 is 0 Å². The average Bonchev–Trinajstić information content (AvgIpc) is 2.67. The van der Waals surface area contributed by atoms with E-state index in [9.17, 15) is 28.1 Å². The van der Waals surface area contributed by atoms with Gasteiger partial charge in [0.15, 0.2) is 0 Å². The van der Waals surface area contributed by atoms with E-state index in [0.717, 1.165) is 12.1 Å². The molecule has 0 amide bonds. The van der Waals surface area contributed by atoms with Crippen molar-refractivity contribution in [3.05, 3.63) is 38.9 Å². The fourth-order valence-corrected chi connectivity index (χ4v) is 2.51. The highest BCUT2D eigenvalue weighted by Crippen LogP contribution is 2.36. The molecule has 130 valence electrons. The minimum atomic E-state index is -4.97. The van der Waals surface area contributed by atoms with E-state index in [2.05, 4.69) is 4.74 Å². The first kappa shape index (κ1) is 17.8. The van der Waals surface area contributed by atoms with Crippen LogP contribution in [0.4, 0.5) is 18.9 Å². The number of nitro groups is 1. The molecule has 1 aliphatic rings. The average molecular weight is 345 g/mol. The van der Waals surface area contributed by atoms with Gasteiger partial charge in [-0.05, 0) is 43.9 Å². The van der Waals surface area contributed by atoms with Gasteiger partial charge < -0.3 is 9.47 Å². The molecule has 0 spiro atoms. The molecular weight excluding hydrogens is 331 g/mol. The van der Waals surface area contributed by atoms with Crippen molar-refractivity contribution in [2.24, 2.45) is 0 Å². The summed E-state index contributed by atoms with van der Waals surface area (Å²) in [5.74, 6) is -1.29. The highest BCUT2D eigenvalue weighted by atomic mass is 19.4. The van der Waals surface area contributed by atoms with Crippen LogP contribution in [0.1, 0.15) is 30.9 Å². The first-order valence-electron chi connectivity index (χ1n) is 7.16. The number of halogens is 3. The summed E-state index contributed by atoms with van der Waals surface area (Å²) in [6.45, 7) is 1.78. The van der Waals surface area contributed by atoms with Gasteiger partial charge in [0.2, 0.25) is 0 Å². The topological polar surface area (TPSA) is 78.7 Å². The maximum absolute atomic E-state index is 12.4. The summed E-state index contributed by atoms with van der Waals surface area (Å²) < 4.78 is 45.9. The lowest BCUT2D eigenvalue weighted by Gasteiger charge is -2.12. The zero-order valence-electron chi connectivity index (χ0n) is 12.7. The lowest BCUT2D eigenvalue weighted by molar-refractivity contribution is -0.385. The summed E-state index contributed by atoms with van der Waals surface area (Å²) >= 11 is 0. The molecule has 0 unspecified atom stereocenters. The molecule has 0 bridgehead atoms. The third-order valence-electron chi connectivity index (χ3n) is 3.40. The van der Waals surface area contributed by atoms with Crippen LogP contribution in [0.3, 0.4) is 0 Å². The molecule has 1 aromatic rings. The number of hydrogen-bond donors (Lipinski definition) is 0. The molecule has 0 radical (unpaired) electrons. The second-order valence-electron chi connectivity index (χ2n) is 5.06. The highest BCUT2D eigenvalue weighted by Gasteiger charge is 2.33. The lowest BCUT2D eigenvalue weighted by atomic mass is 10.0. The Hall–Kier alpha value is -2.58. The van der Waals surface area contributed by atoms with Crippen LogP contribution in [-0.4, -0.2) is 23.9 Å². The number of carbonyl (C=O) groups excluding carboxylic acids is 1. The Morgan fingerprint density at radius 1 is 1.33 bits per heavy atom. The number of benzene rings is 1. The first-order valence-corrected chi connectivity index (χ1v) is 7.16. The summed E-state index contributed by atoms with van der Waals surface area (Å²) in [4.78, 5) is 22.3. The smallest absolute Gasteiger partial charge is 0.463 e. The summed E-state index contributed by atoms with van der Waals surface area (Å²) in [5.41, 5.74) is 0.222. The Kier molecular flexibility index (Phi) is 5.10. The zero-order valence-corrected chi connectivity index (χ0v) is 12.7. The monoisotopic (exact) mass is 345 g/mol. The second kappa shape index (κ2) is 6.90. The third-order valence-corrected chi connectivity index (χ3v) is 3.40. The van der Waals surface area contributed by atoms with Crippen molar-refractivity contribution in [2.75, 3.05) is 6.61 Å². The van der Waals surface area contributed by atoms with Gasteiger partial charge >= 0.3 is 12.3 Å². The minimum absolute atomic E-state index is 0.153. The van der Waals surface area contributed by atoms with Crippen molar-refractivity contribution in [1.29, 1.82) is 0 Å². The molecule has 0 atom stereocenters. The molecule has 0 aliphatic heterocycles. The van der Waals surface area contributed by atoms with Crippen LogP contribution in [0.15, 0.2) is 17.7 Å². The molecule has 24 heavy (non-hydrogen) atoms. The number of alkyl halides is 3. The summed E-state index contributed by atoms with van der Waals surface area (Å²) in [6, 6.07) is 1.79. The van der Waals surface area contributed by atoms with Gasteiger partial charge in [-0.15, -0.1) is 13.2 Å². The zero-order chi connectivity index (χ0) is 17.9. The summed E-state index contributed by atoms with van der Waals surface area (Å²) in [6.07, 6.45) is -2.62. The molecule has 1 aliphatic carbocycles. The molecule has 0 fully saturated rings. The van der Waals surface area contributed by atoms with E-state index in [1.54, 1.807) is 6.92 Å². The molecule has 0 saturated carbocycles. The largest absolute Gasteiger partial charge is 0.573 e. The van der Waals surface area contributed by atoms with Gasteiger partial charge in [0, 0.05) is 11.1 Å². The van der Waals surface area contributed by atoms with Gasteiger partial charge in [-0.2, -0.15) is 0 Å². The van der Waals surface area contributed by atoms with Crippen molar-refractivity contribution in [2.45, 2.75) is 32.5 Å². The predicted octanol–water partition coefficient (Wildman–Crippen LogP) is 3.78. The molecule has 0 heterocycles. The Bertz CT molecular complexity index is 697. The van der Waals surface area contributed by atoms with Crippen molar-refractivity contribution >= 4 is 17.7 Å². The Morgan fingerprint density at radius 3 is 2.62 bits per heavy atom. The summed E-state index contributed by atoms with van der Waals surface area (Å²) in [7, 11) is 0. The maximum atomic E-state index is 12.4. The first-order chi connectivity index (χ1) is 11.2. The molecule has 9 heteroatoms. The quantitative estimate of drug-likeness (QED) is 0.471. The van der Waals surface area contributed by atoms with E-state index in [4.69, 9.17) is 4.74 Å². The van der Waals surface area contributed by atoms with Crippen molar-refractivity contribution < 1.29 is 32.4 Å². The van der Waals surface area contributed by atoms with Crippen LogP contribution in [0.2, 0.25) is 0 Å². The van der Waals surface area contributed by atoms with E-state index in [-0.39, 0.29) is 29.7 Å². The van der Waals surface area contributed by atoms with Crippen LogP contribution < -0.4 is 4.74 Å². The Balaban J connectivity index is 2.54. The summed E-state index contributed by atoms with van der Waals surface area (Å²) in [5, 5.41) is 11.2. The number of nitrogens with zero attached hydrogens (tertiary/aromatic N) is 1. The molecule has 6 nitrogen and oxygen atoms in total. The molecular formula is C15H14F3NO5. The van der Waals surface area contributed by atoms with Gasteiger partial charge in [-0.25, -0.2) is 4.79 Å². The second-order valence-corrected chi connectivity index (χ2v) is 5.06. The number of hydrogen-bond acceptors (Lipinski definition) is 5. The number of esters is 1. The number of ether oxygens (including phenoxy) is 2. The molecule has 0 saturated heterocycles. The van der Waals surface area contributed by atoms with Gasteiger partial charge in [-0.1, -0.05) is 0 Å². The standard InChI is InChI=1S/C15H14F3NO5/c1-2-23-14(20)9-4-3-5-12-10(6-9)7-11(24-15(16,17)18)8-13(12)19(21)22/h6-8H,2-5H2,1H3. The number of fused-ring (bicyclic) bond motifs is 1. The van der Waals surface area contributed by atoms with E-state index in [0.29, 0.717) is 12.8 Å². The molecule has 0 aromatic heterocycles. The maximum Gasteiger partial charge on any atom is 0.573 e. The molecule has 0 N–H and O–H groups in total. The highest BCUT2D eigenvalue weighted by molar-refractivity contribution is 5.94. The third kappa shape index (κ3) is 4.24. The lowest BCUT2D eigenvalue weighted by Crippen LogP contribution is -2.17. The van der Waals surface area contributed by atoms with Crippen LogP contribution in [-0.2, 0) is 16.0 Å². The van der Waals surface area contributed by atoms with Crippen molar-refractivity contribution in [3.63, 3.8) is 0 Å². The van der Waals surface area contributed by atoms with E-state index < -0.39 is 28.7 Å². The molecule has 1 aromatic carbocycles. The van der Waals surface area contributed by atoms with Crippen molar-refractivity contribution in [3.8, 4) is 5.75 Å². The van der Waals surface area contributed by atoms with E-state index >= 15 is 0 Å². The number of nitro benzene ring substituents is 1. The normalized spacial score (nSPS) is 14.2. The molecule has 2 rings (SSSR count). The fraction of sp³-hybridized carbons (Fsp3) is 0.400. The van der Waals surface area contributed by atoms with Crippen LogP contribution in [0.5, 0.6) is 5.75 Å². The number of carbonyl (C=O) groups is 1. The van der Waals surface area contributed by atoms with E-state index in [1.165, 1.54) is 6.08 Å². The van der Waals surface area contributed by atoms with Crippen LogP contribution in [0.25, 0.3) is 6.08 Å². The van der Waals surface area contributed by atoms with Crippen molar-refractivity contribution in [1.82, 2.24) is 0 Å². The van der Waals surface area contributed by atoms with Crippen LogP contribution in [0, 0.1) is 10.1 Å². The predicted molar refractivity (Wildman–Crippen MR) is 77.3 cm³/mol. The van der Waals surface area contributed by atoms with E-state index in [1.807, 2.05) is 0 Å². The number of rotatable bonds is 4. The van der Waals surface area contributed by atoms with Gasteiger partial charge in [0.05, 0.1) is 17.6 Å². The minimum Gasteiger partial charge on any atom is -0.463 e.